The molecule has 0 radical (unpaired) electrons. The molecule has 2 heterocycles. The average molecular weight is 442 g/mol. The first kappa shape index (κ1) is 22.7. The number of hydrogen-bond donors (Lipinski definition) is 1. The second kappa shape index (κ2) is 9.88. The largest absolute Gasteiger partial charge is 0.460 e. The smallest absolute Gasteiger partial charge is 0.306 e. The van der Waals surface area contributed by atoms with Crippen LogP contribution >= 0.6 is 11.6 Å². The fraction of sp³-hybridized carbons (Fsp3) is 0.292. The minimum atomic E-state index is -0.515. The van der Waals surface area contributed by atoms with Crippen molar-refractivity contribution in [3.63, 3.8) is 0 Å². The molecule has 2 aromatic heterocycles. The first-order chi connectivity index (χ1) is 14.7. The van der Waals surface area contributed by atoms with E-state index >= 15 is 0 Å². The number of aromatic nitrogens is 2. The van der Waals surface area contributed by atoms with E-state index in [0.29, 0.717) is 29.5 Å². The Balaban J connectivity index is 1.71. The summed E-state index contributed by atoms with van der Waals surface area (Å²) in [5.74, 6) is 0.0981. The Bertz CT molecular complexity index is 1070. The monoisotopic (exact) mass is 441 g/mol. The fourth-order valence-electron chi connectivity index (χ4n) is 2.96. The average Bonchev–Trinajstić information content (AvgIpc) is 2.71. The van der Waals surface area contributed by atoms with E-state index in [1.807, 2.05) is 51.1 Å². The van der Waals surface area contributed by atoms with Gasteiger partial charge in [0.1, 0.15) is 17.2 Å². The molecule has 0 bridgehead atoms. The van der Waals surface area contributed by atoms with Gasteiger partial charge in [0.2, 0.25) is 0 Å². The molecule has 0 aliphatic carbocycles. The Morgan fingerprint density at radius 3 is 2.68 bits per heavy atom. The van der Waals surface area contributed by atoms with Gasteiger partial charge >= 0.3 is 5.97 Å². The van der Waals surface area contributed by atoms with E-state index in [9.17, 15) is 9.18 Å². The topological polar surface area (TPSA) is 64.1 Å². The van der Waals surface area contributed by atoms with Crippen LogP contribution in [0.3, 0.4) is 0 Å². The zero-order valence-electron chi connectivity index (χ0n) is 17.8. The van der Waals surface area contributed by atoms with Crippen molar-refractivity contribution in [2.45, 2.75) is 45.8 Å². The number of nitrogens with zero attached hydrogens (tertiary/aromatic N) is 2. The molecule has 0 unspecified atom stereocenters. The predicted molar refractivity (Wildman–Crippen MR) is 120 cm³/mol. The lowest BCUT2D eigenvalue weighted by Gasteiger charge is -2.19. The van der Waals surface area contributed by atoms with Crippen molar-refractivity contribution in [1.29, 1.82) is 0 Å². The van der Waals surface area contributed by atoms with Crippen LogP contribution in [0, 0.1) is 5.82 Å². The highest BCUT2D eigenvalue weighted by molar-refractivity contribution is 6.33. The highest BCUT2D eigenvalue weighted by Gasteiger charge is 2.16. The van der Waals surface area contributed by atoms with Crippen molar-refractivity contribution in [2.24, 2.45) is 0 Å². The molecule has 0 aliphatic rings. The van der Waals surface area contributed by atoms with Crippen LogP contribution in [0.4, 0.5) is 10.2 Å². The van der Waals surface area contributed by atoms with Gasteiger partial charge in [0.15, 0.2) is 0 Å². The maximum atomic E-state index is 13.4. The van der Waals surface area contributed by atoms with E-state index in [1.54, 1.807) is 12.3 Å². The zero-order chi connectivity index (χ0) is 22.4. The van der Waals surface area contributed by atoms with Crippen LogP contribution in [0.15, 0.2) is 54.7 Å². The molecule has 0 atom stereocenters. The van der Waals surface area contributed by atoms with Crippen molar-refractivity contribution in [2.75, 3.05) is 5.32 Å². The van der Waals surface area contributed by atoms with Crippen molar-refractivity contribution >= 4 is 23.4 Å². The number of rotatable bonds is 7. The van der Waals surface area contributed by atoms with E-state index in [-0.39, 0.29) is 18.2 Å². The number of carbonyl (C=O) groups is 1. The molecule has 7 heteroatoms. The van der Waals surface area contributed by atoms with Gasteiger partial charge in [-0.2, -0.15) is 0 Å². The van der Waals surface area contributed by atoms with Gasteiger partial charge in [0.25, 0.3) is 0 Å². The third kappa shape index (κ3) is 7.03. The van der Waals surface area contributed by atoms with E-state index in [0.717, 1.165) is 16.8 Å². The molecular formula is C24H25ClFN3O2. The number of pyridine rings is 2. The summed E-state index contributed by atoms with van der Waals surface area (Å²) in [6, 6.07) is 13.8. The number of aryl methyl sites for hydroxylation is 1. The summed E-state index contributed by atoms with van der Waals surface area (Å²) < 4.78 is 18.7. The quantitative estimate of drug-likeness (QED) is 0.468. The van der Waals surface area contributed by atoms with Crippen LogP contribution in [0.25, 0.3) is 11.3 Å². The summed E-state index contributed by atoms with van der Waals surface area (Å²) >= 11 is 6.37. The Morgan fingerprint density at radius 1 is 1.16 bits per heavy atom. The molecule has 0 aliphatic heterocycles. The van der Waals surface area contributed by atoms with E-state index in [1.165, 1.54) is 12.1 Å². The molecule has 0 saturated heterocycles. The third-order valence-electron chi connectivity index (χ3n) is 4.30. The number of esters is 1. The molecule has 3 aromatic rings. The molecule has 5 nitrogen and oxygen atoms in total. The zero-order valence-corrected chi connectivity index (χ0v) is 18.5. The minimum Gasteiger partial charge on any atom is -0.460 e. The second-order valence-electron chi connectivity index (χ2n) is 8.13. The lowest BCUT2D eigenvalue weighted by Crippen LogP contribution is -2.24. The first-order valence-electron chi connectivity index (χ1n) is 10.0. The van der Waals surface area contributed by atoms with Crippen LogP contribution in [-0.4, -0.2) is 21.5 Å². The first-order valence-corrected chi connectivity index (χ1v) is 10.4. The standard InChI is InChI=1S/C24H25ClFN3O2/c1-24(2,3)31-23(30)11-10-18-13-19(20(25)15-27-18)21-8-5-9-22(29-21)28-14-16-6-4-7-17(26)12-16/h4-9,12-13,15H,10-11,14H2,1-3H3,(H,28,29). The fourth-order valence-corrected chi connectivity index (χ4v) is 3.16. The summed E-state index contributed by atoms with van der Waals surface area (Å²) in [5.41, 5.74) is 2.43. The highest BCUT2D eigenvalue weighted by atomic mass is 35.5. The molecular weight excluding hydrogens is 417 g/mol. The molecule has 0 spiro atoms. The molecule has 1 aromatic carbocycles. The predicted octanol–water partition coefficient (Wildman–Crippen LogP) is 5.82. The maximum absolute atomic E-state index is 13.4. The molecule has 0 amide bonds. The minimum absolute atomic E-state index is 0.230. The molecule has 162 valence electrons. The Kier molecular flexibility index (Phi) is 7.23. The van der Waals surface area contributed by atoms with E-state index in [4.69, 9.17) is 16.3 Å². The summed E-state index contributed by atoms with van der Waals surface area (Å²) in [7, 11) is 0. The van der Waals surface area contributed by atoms with Gasteiger partial charge in [-0.05, 0) is 56.7 Å². The maximum Gasteiger partial charge on any atom is 0.306 e. The molecule has 1 N–H and O–H groups in total. The summed E-state index contributed by atoms with van der Waals surface area (Å²) in [4.78, 5) is 20.9. The molecule has 0 fully saturated rings. The lowest BCUT2D eigenvalue weighted by molar-refractivity contribution is -0.154. The van der Waals surface area contributed by atoms with Crippen LogP contribution in [0.5, 0.6) is 0 Å². The van der Waals surface area contributed by atoms with Crippen molar-refractivity contribution < 1.29 is 13.9 Å². The third-order valence-corrected chi connectivity index (χ3v) is 4.61. The summed E-state index contributed by atoms with van der Waals surface area (Å²) in [6.07, 6.45) is 2.24. The van der Waals surface area contributed by atoms with Crippen LogP contribution in [0.1, 0.15) is 38.4 Å². The Labute approximate surface area is 186 Å². The van der Waals surface area contributed by atoms with Gasteiger partial charge in [0.05, 0.1) is 17.1 Å². The lowest BCUT2D eigenvalue weighted by atomic mass is 10.1. The van der Waals surface area contributed by atoms with Gasteiger partial charge < -0.3 is 10.1 Å². The second-order valence-corrected chi connectivity index (χ2v) is 8.54. The normalized spacial score (nSPS) is 11.3. The number of ether oxygens (including phenoxy) is 1. The van der Waals surface area contributed by atoms with Crippen LogP contribution in [0.2, 0.25) is 5.02 Å². The van der Waals surface area contributed by atoms with E-state index in [2.05, 4.69) is 15.3 Å². The van der Waals surface area contributed by atoms with Crippen molar-refractivity contribution in [1.82, 2.24) is 9.97 Å². The number of nitrogens with one attached hydrogen (secondary N) is 1. The number of carbonyl (C=O) groups excluding carboxylic acids is 1. The van der Waals surface area contributed by atoms with Crippen LogP contribution < -0.4 is 5.32 Å². The summed E-state index contributed by atoms with van der Waals surface area (Å²) in [5, 5.41) is 3.66. The van der Waals surface area contributed by atoms with Crippen LogP contribution in [-0.2, 0) is 22.5 Å². The van der Waals surface area contributed by atoms with Gasteiger partial charge in [-0.3, -0.25) is 9.78 Å². The van der Waals surface area contributed by atoms with Gasteiger partial charge in [-0.25, -0.2) is 9.37 Å². The molecule has 31 heavy (non-hydrogen) atoms. The number of hydrogen-bond acceptors (Lipinski definition) is 5. The molecule has 3 rings (SSSR count). The van der Waals surface area contributed by atoms with Crippen molar-refractivity contribution in [3.8, 4) is 11.3 Å². The SMILES string of the molecule is CC(C)(C)OC(=O)CCc1cc(-c2cccc(NCc3cccc(F)c3)n2)c(Cl)cn1. The number of halogens is 2. The van der Waals surface area contributed by atoms with E-state index < -0.39 is 5.60 Å². The van der Waals surface area contributed by atoms with Crippen molar-refractivity contribution in [3.05, 3.63) is 76.8 Å². The Hall–Kier alpha value is -2.99. The van der Waals surface area contributed by atoms with Gasteiger partial charge in [-0.15, -0.1) is 0 Å². The summed E-state index contributed by atoms with van der Waals surface area (Å²) in [6.45, 7) is 5.96. The van der Waals surface area contributed by atoms with Gasteiger partial charge in [0, 0.05) is 30.4 Å². The molecule has 0 saturated carbocycles. The number of anilines is 1. The highest BCUT2D eigenvalue weighted by Crippen LogP contribution is 2.28. The Morgan fingerprint density at radius 2 is 1.94 bits per heavy atom. The van der Waals surface area contributed by atoms with Gasteiger partial charge in [-0.1, -0.05) is 29.8 Å². The number of benzene rings is 1.